The van der Waals surface area contributed by atoms with Crippen molar-refractivity contribution >= 4 is 11.9 Å². The van der Waals surface area contributed by atoms with Crippen LogP contribution in [0.2, 0.25) is 0 Å². The second kappa shape index (κ2) is 4.75. The van der Waals surface area contributed by atoms with Gasteiger partial charge in [-0.2, -0.15) is 0 Å². The van der Waals surface area contributed by atoms with Gasteiger partial charge >= 0.3 is 0 Å². The molecule has 0 aliphatic heterocycles. The molecule has 1 aromatic rings. The molecule has 0 atom stereocenters. The predicted molar refractivity (Wildman–Crippen MR) is 60.5 cm³/mol. The van der Waals surface area contributed by atoms with Gasteiger partial charge in [-0.25, -0.2) is 0 Å². The molecule has 1 nitrogen and oxygen atoms in total. The Morgan fingerprint density at radius 1 is 1.43 bits per heavy atom. The summed E-state index contributed by atoms with van der Waals surface area (Å²) in [6.45, 7) is 5.89. The smallest absolute Gasteiger partial charge is 0.163 e. The molecule has 14 heavy (non-hydrogen) atoms. The van der Waals surface area contributed by atoms with E-state index in [2.05, 4.69) is 0 Å². The highest BCUT2D eigenvalue weighted by Crippen LogP contribution is 2.17. The minimum atomic E-state index is 0.210. The van der Waals surface area contributed by atoms with Gasteiger partial charge in [0.05, 0.1) is 0 Å². The van der Waals surface area contributed by atoms with Crippen molar-refractivity contribution in [2.24, 2.45) is 0 Å². The van der Waals surface area contributed by atoms with E-state index in [4.69, 9.17) is 0 Å². The van der Waals surface area contributed by atoms with Crippen LogP contribution in [0.15, 0.2) is 24.3 Å². The average molecular weight is 188 g/mol. The van der Waals surface area contributed by atoms with Gasteiger partial charge in [-0.1, -0.05) is 37.3 Å². The fourth-order valence-electron chi connectivity index (χ4n) is 1.50. The van der Waals surface area contributed by atoms with Crippen molar-refractivity contribution in [3.63, 3.8) is 0 Å². The average Bonchev–Trinajstić information content (AvgIpc) is 2.20. The summed E-state index contributed by atoms with van der Waals surface area (Å²) in [6.07, 6.45) is 4.53. The Kier molecular flexibility index (Phi) is 3.63. The van der Waals surface area contributed by atoms with Gasteiger partial charge in [-0.05, 0) is 25.0 Å². The van der Waals surface area contributed by atoms with E-state index in [0.717, 1.165) is 16.7 Å². The predicted octanol–water partition coefficient (Wildman–Crippen LogP) is 3.62. The van der Waals surface area contributed by atoms with Crippen molar-refractivity contribution in [1.29, 1.82) is 0 Å². The first kappa shape index (κ1) is 10.7. The molecular weight excluding hydrogens is 172 g/mol. The largest absolute Gasteiger partial charge is 0.294 e. The lowest BCUT2D eigenvalue weighted by molar-refractivity contribution is 0.0988. The van der Waals surface area contributed by atoms with E-state index >= 15 is 0 Å². The summed E-state index contributed by atoms with van der Waals surface area (Å²) in [7, 11) is 0. The minimum absolute atomic E-state index is 0.210. The highest BCUT2D eigenvalue weighted by molar-refractivity contribution is 5.99. The molecule has 0 aromatic heterocycles. The van der Waals surface area contributed by atoms with Crippen LogP contribution in [-0.2, 0) is 0 Å². The van der Waals surface area contributed by atoms with Crippen LogP contribution in [0.5, 0.6) is 0 Å². The van der Waals surface area contributed by atoms with Crippen LogP contribution in [0.25, 0.3) is 6.08 Å². The van der Waals surface area contributed by atoms with Gasteiger partial charge < -0.3 is 0 Å². The molecule has 0 bridgehead atoms. The maximum Gasteiger partial charge on any atom is 0.163 e. The SMILES string of the molecule is C/C=C\c1c(C)cccc1C(=O)CC. The molecule has 0 heterocycles. The van der Waals surface area contributed by atoms with Crippen molar-refractivity contribution in [3.05, 3.63) is 41.0 Å². The van der Waals surface area contributed by atoms with Gasteiger partial charge in [-0.15, -0.1) is 0 Å². The molecule has 0 radical (unpaired) electrons. The van der Waals surface area contributed by atoms with Gasteiger partial charge in [0.25, 0.3) is 0 Å². The number of allylic oxidation sites excluding steroid dienone is 1. The lowest BCUT2D eigenvalue weighted by Crippen LogP contribution is -2.00. The normalized spacial score (nSPS) is 10.8. The van der Waals surface area contributed by atoms with Crippen LogP contribution in [0.4, 0.5) is 0 Å². The van der Waals surface area contributed by atoms with Crippen LogP contribution in [-0.4, -0.2) is 5.78 Å². The molecule has 0 saturated carbocycles. The lowest BCUT2D eigenvalue weighted by atomic mass is 9.97. The molecular formula is C13H16O. The number of carbonyl (C=O) groups is 1. The Morgan fingerprint density at radius 2 is 2.14 bits per heavy atom. The molecule has 0 unspecified atom stereocenters. The highest BCUT2D eigenvalue weighted by atomic mass is 16.1. The molecule has 0 N–H and O–H groups in total. The minimum Gasteiger partial charge on any atom is -0.294 e. The lowest BCUT2D eigenvalue weighted by Gasteiger charge is -2.06. The Hall–Kier alpha value is -1.37. The molecule has 0 aliphatic carbocycles. The van der Waals surface area contributed by atoms with Gasteiger partial charge in [-0.3, -0.25) is 4.79 Å². The summed E-state index contributed by atoms with van der Waals surface area (Å²) >= 11 is 0. The number of aryl methyl sites for hydroxylation is 1. The van der Waals surface area contributed by atoms with Crippen LogP contribution < -0.4 is 0 Å². The molecule has 0 aliphatic rings. The Labute approximate surface area is 85.5 Å². The van der Waals surface area contributed by atoms with Crippen molar-refractivity contribution in [3.8, 4) is 0 Å². The third-order valence-corrected chi connectivity index (χ3v) is 2.28. The van der Waals surface area contributed by atoms with Crippen LogP contribution >= 0.6 is 0 Å². The summed E-state index contributed by atoms with van der Waals surface area (Å²) < 4.78 is 0. The summed E-state index contributed by atoms with van der Waals surface area (Å²) in [5.74, 6) is 0.210. The summed E-state index contributed by atoms with van der Waals surface area (Å²) in [5.41, 5.74) is 3.05. The number of ketones is 1. The monoisotopic (exact) mass is 188 g/mol. The Morgan fingerprint density at radius 3 is 2.71 bits per heavy atom. The Bertz CT molecular complexity index is 361. The van der Waals surface area contributed by atoms with E-state index in [0.29, 0.717) is 6.42 Å². The number of rotatable bonds is 3. The maximum atomic E-state index is 11.6. The second-order valence-electron chi connectivity index (χ2n) is 3.31. The molecule has 74 valence electrons. The maximum absolute atomic E-state index is 11.6. The van der Waals surface area contributed by atoms with Crippen molar-refractivity contribution < 1.29 is 4.79 Å². The van der Waals surface area contributed by atoms with Gasteiger partial charge in [0.2, 0.25) is 0 Å². The van der Waals surface area contributed by atoms with Crippen molar-refractivity contribution in [2.45, 2.75) is 27.2 Å². The van der Waals surface area contributed by atoms with E-state index in [-0.39, 0.29) is 5.78 Å². The number of hydrogen-bond donors (Lipinski definition) is 0. The number of Topliss-reactive ketones (excluding diaryl/α,β-unsaturated/α-hetero) is 1. The topological polar surface area (TPSA) is 17.1 Å². The molecule has 0 spiro atoms. The molecule has 1 heteroatoms. The first-order valence-electron chi connectivity index (χ1n) is 4.96. The quantitative estimate of drug-likeness (QED) is 0.662. The zero-order valence-corrected chi connectivity index (χ0v) is 9.00. The zero-order valence-electron chi connectivity index (χ0n) is 9.00. The van der Waals surface area contributed by atoms with Gasteiger partial charge in [0.15, 0.2) is 5.78 Å². The number of hydrogen-bond acceptors (Lipinski definition) is 1. The summed E-state index contributed by atoms with van der Waals surface area (Å²) in [4.78, 5) is 11.6. The number of carbonyl (C=O) groups excluding carboxylic acids is 1. The first-order valence-corrected chi connectivity index (χ1v) is 4.96. The standard InChI is InChI=1S/C13H16O/c1-4-7-11-10(3)8-6-9-12(11)13(14)5-2/h4,6-9H,5H2,1-3H3/b7-4-. The summed E-state index contributed by atoms with van der Waals surface area (Å²) in [5, 5.41) is 0. The fourth-order valence-corrected chi connectivity index (χ4v) is 1.50. The van der Waals surface area contributed by atoms with Crippen LogP contribution in [0.3, 0.4) is 0 Å². The van der Waals surface area contributed by atoms with E-state index in [1.54, 1.807) is 0 Å². The van der Waals surface area contributed by atoms with Crippen LogP contribution in [0.1, 0.15) is 41.8 Å². The van der Waals surface area contributed by atoms with E-state index in [9.17, 15) is 4.79 Å². The second-order valence-corrected chi connectivity index (χ2v) is 3.31. The van der Waals surface area contributed by atoms with Crippen molar-refractivity contribution in [1.82, 2.24) is 0 Å². The van der Waals surface area contributed by atoms with E-state index in [1.165, 1.54) is 0 Å². The molecule has 1 aromatic carbocycles. The van der Waals surface area contributed by atoms with Gasteiger partial charge in [0, 0.05) is 12.0 Å². The van der Waals surface area contributed by atoms with E-state index in [1.807, 2.05) is 51.1 Å². The fraction of sp³-hybridized carbons (Fsp3) is 0.308. The van der Waals surface area contributed by atoms with Gasteiger partial charge in [0.1, 0.15) is 0 Å². The third-order valence-electron chi connectivity index (χ3n) is 2.28. The van der Waals surface area contributed by atoms with Crippen molar-refractivity contribution in [2.75, 3.05) is 0 Å². The highest BCUT2D eigenvalue weighted by Gasteiger charge is 2.08. The molecule has 0 amide bonds. The molecule has 0 saturated heterocycles. The summed E-state index contributed by atoms with van der Waals surface area (Å²) in [6, 6.07) is 5.86. The van der Waals surface area contributed by atoms with E-state index < -0.39 is 0 Å². The molecule has 0 fully saturated rings. The number of benzene rings is 1. The first-order chi connectivity index (χ1) is 6.70. The molecule has 1 rings (SSSR count). The Balaban J connectivity index is 3.27. The van der Waals surface area contributed by atoms with Crippen LogP contribution in [0, 0.1) is 6.92 Å². The third kappa shape index (κ3) is 2.11. The zero-order chi connectivity index (χ0) is 10.6.